The van der Waals surface area contributed by atoms with Crippen molar-refractivity contribution in [2.24, 2.45) is 5.92 Å². The van der Waals surface area contributed by atoms with Gasteiger partial charge in [0.15, 0.2) is 0 Å². The molecule has 0 amide bonds. The molecule has 3 N–H and O–H groups in total. The van der Waals surface area contributed by atoms with Gasteiger partial charge in [0.1, 0.15) is 0 Å². The molecule has 0 radical (unpaired) electrons. The molecule has 82 valence electrons. The van der Waals surface area contributed by atoms with Crippen LogP contribution in [0, 0.1) is 5.92 Å². The predicted octanol–water partition coefficient (Wildman–Crippen LogP) is -0.977. The lowest BCUT2D eigenvalue weighted by Crippen LogP contribution is -2.41. The molecule has 0 aromatic heterocycles. The number of hydrogen-bond acceptors (Lipinski definition) is 4. The zero-order valence-corrected chi connectivity index (χ0v) is 8.52. The molecule has 2 saturated heterocycles. The monoisotopic (exact) mass is 200 g/mol. The van der Waals surface area contributed by atoms with Crippen molar-refractivity contribution in [2.45, 2.75) is 25.0 Å². The van der Waals surface area contributed by atoms with E-state index < -0.39 is 0 Å². The average Bonchev–Trinajstić information content (AvgIpc) is 2.74. The van der Waals surface area contributed by atoms with E-state index in [-0.39, 0.29) is 6.10 Å². The summed E-state index contributed by atoms with van der Waals surface area (Å²) in [5.41, 5.74) is 0. The summed E-state index contributed by atoms with van der Waals surface area (Å²) in [6, 6.07) is 0.304. The summed E-state index contributed by atoms with van der Waals surface area (Å²) in [7, 11) is 0. The zero-order valence-electron chi connectivity index (χ0n) is 8.52. The maximum Gasteiger partial charge on any atom is 0.0831 e. The van der Waals surface area contributed by atoms with Gasteiger partial charge in [-0.15, -0.1) is 0 Å². The van der Waals surface area contributed by atoms with Crippen LogP contribution >= 0.6 is 0 Å². The molecule has 2 fully saturated rings. The molecule has 0 saturated carbocycles. The highest BCUT2D eigenvalue weighted by atomic mass is 16.3. The van der Waals surface area contributed by atoms with Gasteiger partial charge >= 0.3 is 0 Å². The Hall–Kier alpha value is -0.160. The number of hydrogen-bond donors (Lipinski definition) is 3. The molecule has 4 nitrogen and oxygen atoms in total. The summed E-state index contributed by atoms with van der Waals surface area (Å²) in [6.45, 7) is 4.06. The van der Waals surface area contributed by atoms with E-state index in [0.29, 0.717) is 18.6 Å². The number of β-amino-alcohol motifs (C(OH)–C–C–N with tert-alkyl or cyclic N) is 1. The van der Waals surface area contributed by atoms with Gasteiger partial charge in [-0.1, -0.05) is 0 Å². The van der Waals surface area contributed by atoms with Gasteiger partial charge < -0.3 is 15.5 Å². The summed E-state index contributed by atoms with van der Waals surface area (Å²) >= 11 is 0. The van der Waals surface area contributed by atoms with E-state index in [2.05, 4.69) is 10.2 Å². The molecule has 0 spiro atoms. The quantitative estimate of drug-likeness (QED) is 0.548. The summed E-state index contributed by atoms with van der Waals surface area (Å²) in [4.78, 5) is 2.37. The van der Waals surface area contributed by atoms with Gasteiger partial charge in [-0.25, -0.2) is 0 Å². The van der Waals surface area contributed by atoms with Crippen molar-refractivity contribution in [2.75, 3.05) is 32.8 Å². The fourth-order valence-electron chi connectivity index (χ4n) is 2.61. The topological polar surface area (TPSA) is 55.7 Å². The fourth-order valence-corrected chi connectivity index (χ4v) is 2.61. The Morgan fingerprint density at radius 3 is 2.86 bits per heavy atom. The van der Waals surface area contributed by atoms with E-state index in [0.717, 1.165) is 32.6 Å². The maximum atomic E-state index is 9.71. The molecule has 0 aromatic rings. The number of rotatable bonds is 3. The van der Waals surface area contributed by atoms with Gasteiger partial charge in [-0.2, -0.15) is 0 Å². The van der Waals surface area contributed by atoms with E-state index in [1.807, 2.05) is 0 Å². The largest absolute Gasteiger partial charge is 0.396 e. The molecule has 14 heavy (non-hydrogen) atoms. The van der Waals surface area contributed by atoms with Crippen LogP contribution in [0.5, 0.6) is 0 Å². The second kappa shape index (κ2) is 4.57. The van der Waals surface area contributed by atoms with Crippen molar-refractivity contribution < 1.29 is 10.2 Å². The summed E-state index contributed by atoms with van der Waals surface area (Å²) in [5, 5.41) is 21.8. The van der Waals surface area contributed by atoms with Gasteiger partial charge in [-0.05, 0) is 25.3 Å². The lowest BCUT2D eigenvalue weighted by Gasteiger charge is -2.25. The van der Waals surface area contributed by atoms with Crippen molar-refractivity contribution >= 4 is 0 Å². The molecule has 2 heterocycles. The Balaban J connectivity index is 1.82. The van der Waals surface area contributed by atoms with Crippen LogP contribution in [0.4, 0.5) is 0 Å². The average molecular weight is 200 g/mol. The van der Waals surface area contributed by atoms with Crippen LogP contribution < -0.4 is 5.32 Å². The van der Waals surface area contributed by atoms with E-state index in [9.17, 15) is 5.11 Å². The van der Waals surface area contributed by atoms with Crippen molar-refractivity contribution in [3.63, 3.8) is 0 Å². The molecule has 2 aliphatic rings. The smallest absolute Gasteiger partial charge is 0.0831 e. The van der Waals surface area contributed by atoms with Crippen LogP contribution in [0.3, 0.4) is 0 Å². The molecule has 2 aliphatic heterocycles. The first-order chi connectivity index (χ1) is 6.81. The Labute approximate surface area is 84.9 Å². The Kier molecular flexibility index (Phi) is 3.38. The third-order valence-electron chi connectivity index (χ3n) is 3.47. The van der Waals surface area contributed by atoms with Gasteiger partial charge in [0, 0.05) is 32.3 Å². The normalized spacial score (nSPS) is 39.4. The molecule has 1 unspecified atom stereocenters. The Morgan fingerprint density at radius 2 is 2.21 bits per heavy atom. The van der Waals surface area contributed by atoms with Gasteiger partial charge in [0.05, 0.1) is 6.10 Å². The first kappa shape index (κ1) is 10.4. The van der Waals surface area contributed by atoms with Crippen molar-refractivity contribution in [1.29, 1.82) is 0 Å². The Bertz CT molecular complexity index is 189. The molecule has 0 aliphatic carbocycles. The fraction of sp³-hybridized carbons (Fsp3) is 1.00. The van der Waals surface area contributed by atoms with Gasteiger partial charge in [-0.3, -0.25) is 4.90 Å². The van der Waals surface area contributed by atoms with Crippen molar-refractivity contribution in [3.05, 3.63) is 0 Å². The first-order valence-corrected chi connectivity index (χ1v) is 5.55. The van der Waals surface area contributed by atoms with Crippen molar-refractivity contribution in [1.82, 2.24) is 10.2 Å². The minimum absolute atomic E-state index is 0.206. The molecule has 0 bridgehead atoms. The second-order valence-electron chi connectivity index (χ2n) is 4.45. The number of nitrogens with zero attached hydrogens (tertiary/aromatic N) is 1. The third-order valence-corrected chi connectivity index (χ3v) is 3.47. The molecule has 4 heteroatoms. The van der Waals surface area contributed by atoms with E-state index in [1.165, 1.54) is 6.42 Å². The van der Waals surface area contributed by atoms with Crippen LogP contribution in [0.1, 0.15) is 12.8 Å². The summed E-state index contributed by atoms with van der Waals surface area (Å²) in [6.07, 6.45) is 1.87. The number of nitrogens with one attached hydrogen (secondary N) is 1. The van der Waals surface area contributed by atoms with E-state index >= 15 is 0 Å². The van der Waals surface area contributed by atoms with Crippen LogP contribution in [-0.4, -0.2) is 60.0 Å². The number of aliphatic hydroxyl groups excluding tert-OH is 2. The van der Waals surface area contributed by atoms with Crippen LogP contribution in [-0.2, 0) is 0 Å². The minimum atomic E-state index is -0.206. The van der Waals surface area contributed by atoms with Crippen LogP contribution in [0.25, 0.3) is 0 Å². The highest BCUT2D eigenvalue weighted by Gasteiger charge is 2.34. The zero-order chi connectivity index (χ0) is 9.97. The van der Waals surface area contributed by atoms with Gasteiger partial charge in [0.2, 0.25) is 0 Å². The third kappa shape index (κ3) is 2.08. The van der Waals surface area contributed by atoms with E-state index in [4.69, 9.17) is 5.11 Å². The molecular formula is C10H20N2O2. The second-order valence-corrected chi connectivity index (χ2v) is 4.45. The highest BCUT2D eigenvalue weighted by molar-refractivity contribution is 4.91. The lowest BCUT2D eigenvalue weighted by molar-refractivity contribution is 0.0951. The summed E-state index contributed by atoms with van der Waals surface area (Å²) in [5.74, 6) is 0.632. The molecule has 3 atom stereocenters. The standard InChI is InChI=1S/C10H20N2O2/c13-4-2-8-1-3-12(7-8)9-5-11-6-10(9)14/h8-11,13-14H,1-7H2/t8?,9-,10-/m1/s1. The number of aliphatic hydroxyl groups is 2. The first-order valence-electron chi connectivity index (χ1n) is 5.55. The Morgan fingerprint density at radius 1 is 1.36 bits per heavy atom. The lowest BCUT2D eigenvalue weighted by atomic mass is 10.1. The SMILES string of the molecule is OCCC1CCN([C@@H]2CNC[C@H]2O)C1. The molecule has 0 aromatic carbocycles. The number of likely N-dealkylation sites (tertiary alicyclic amines) is 1. The van der Waals surface area contributed by atoms with Gasteiger partial charge in [0.25, 0.3) is 0 Å². The minimum Gasteiger partial charge on any atom is -0.396 e. The van der Waals surface area contributed by atoms with Crippen LogP contribution in [0.2, 0.25) is 0 Å². The molecular weight excluding hydrogens is 180 g/mol. The highest BCUT2D eigenvalue weighted by Crippen LogP contribution is 2.23. The predicted molar refractivity (Wildman–Crippen MR) is 54.0 cm³/mol. The van der Waals surface area contributed by atoms with Crippen LogP contribution in [0.15, 0.2) is 0 Å². The maximum absolute atomic E-state index is 9.71. The summed E-state index contributed by atoms with van der Waals surface area (Å²) < 4.78 is 0. The van der Waals surface area contributed by atoms with E-state index in [1.54, 1.807) is 0 Å². The van der Waals surface area contributed by atoms with Crippen molar-refractivity contribution in [3.8, 4) is 0 Å². The molecule has 2 rings (SSSR count).